The van der Waals surface area contributed by atoms with Crippen molar-refractivity contribution < 1.29 is 4.74 Å². The Bertz CT molecular complexity index is 603. The molecule has 17 heavy (non-hydrogen) atoms. The van der Waals surface area contributed by atoms with E-state index in [0.717, 1.165) is 5.56 Å². The molecule has 0 unspecified atom stereocenters. The Morgan fingerprint density at radius 1 is 1.53 bits per heavy atom. The predicted molar refractivity (Wildman–Crippen MR) is 68.0 cm³/mol. The lowest BCUT2D eigenvalue weighted by Gasteiger charge is -2.03. The number of imidazole rings is 1. The number of hydrogen-bond acceptors (Lipinski definition) is 3. The molecule has 2 rings (SSSR count). The number of nitrogens with zero attached hydrogens (tertiary/aromatic N) is 2. The lowest BCUT2D eigenvalue weighted by atomic mass is 10.2. The van der Waals surface area contributed by atoms with E-state index in [9.17, 15) is 0 Å². The first-order chi connectivity index (χ1) is 8.15. The van der Waals surface area contributed by atoms with Crippen LogP contribution in [0.25, 0.3) is 11.4 Å². The lowest BCUT2D eigenvalue weighted by molar-refractivity contribution is 0.415. The van der Waals surface area contributed by atoms with E-state index in [4.69, 9.17) is 21.6 Å². The second-order valence-electron chi connectivity index (χ2n) is 3.21. The normalized spacial score (nSPS) is 10.0. The molecule has 0 atom stereocenters. The van der Waals surface area contributed by atoms with Crippen LogP contribution in [0.4, 0.5) is 0 Å². The molecule has 1 heterocycles. The number of nitriles is 1. The maximum absolute atomic E-state index is 8.81. The van der Waals surface area contributed by atoms with Crippen molar-refractivity contribution in [2.75, 3.05) is 7.11 Å². The summed E-state index contributed by atoms with van der Waals surface area (Å²) < 4.78 is 5.62. The molecule has 0 fully saturated rings. The molecule has 86 valence electrons. The van der Waals surface area contributed by atoms with E-state index >= 15 is 0 Å². The van der Waals surface area contributed by atoms with E-state index in [2.05, 4.69) is 25.9 Å². The van der Waals surface area contributed by atoms with E-state index in [1.165, 1.54) is 0 Å². The number of aromatic nitrogens is 2. The van der Waals surface area contributed by atoms with Gasteiger partial charge in [0, 0.05) is 5.56 Å². The number of benzene rings is 1. The quantitative estimate of drug-likeness (QED) is 0.924. The van der Waals surface area contributed by atoms with Gasteiger partial charge in [-0.05, 0) is 34.1 Å². The molecule has 0 bridgehead atoms. The third kappa shape index (κ3) is 2.28. The van der Waals surface area contributed by atoms with Crippen LogP contribution < -0.4 is 4.74 Å². The first kappa shape index (κ1) is 12.0. The van der Waals surface area contributed by atoms with Gasteiger partial charge in [0.2, 0.25) is 0 Å². The predicted octanol–water partition coefficient (Wildman–Crippen LogP) is 3.37. The molecule has 1 N–H and O–H groups in total. The summed E-state index contributed by atoms with van der Waals surface area (Å²) in [5.74, 6) is 1.18. The Morgan fingerprint density at radius 3 is 2.82 bits per heavy atom. The van der Waals surface area contributed by atoms with E-state index in [0.29, 0.717) is 26.9 Å². The van der Waals surface area contributed by atoms with Crippen molar-refractivity contribution >= 4 is 27.5 Å². The lowest BCUT2D eigenvalue weighted by Crippen LogP contribution is -1.86. The van der Waals surface area contributed by atoms with Crippen LogP contribution in [0.2, 0.25) is 5.02 Å². The van der Waals surface area contributed by atoms with Crippen molar-refractivity contribution in [1.29, 1.82) is 5.26 Å². The van der Waals surface area contributed by atoms with Crippen LogP contribution in [0.1, 0.15) is 5.69 Å². The summed E-state index contributed by atoms with van der Waals surface area (Å²) in [6.45, 7) is 0. The summed E-state index contributed by atoms with van der Waals surface area (Å²) in [7, 11) is 1.55. The van der Waals surface area contributed by atoms with Crippen molar-refractivity contribution in [3.8, 4) is 23.2 Å². The highest BCUT2D eigenvalue weighted by atomic mass is 79.9. The van der Waals surface area contributed by atoms with E-state index < -0.39 is 0 Å². The van der Waals surface area contributed by atoms with Gasteiger partial charge in [0.25, 0.3) is 0 Å². The number of hydrogen-bond donors (Lipinski definition) is 1. The summed E-state index contributed by atoms with van der Waals surface area (Å²) in [4.78, 5) is 7.09. The molecule has 0 spiro atoms. The maximum atomic E-state index is 8.81. The van der Waals surface area contributed by atoms with E-state index in [-0.39, 0.29) is 0 Å². The molecule has 0 amide bonds. The summed E-state index contributed by atoms with van der Waals surface area (Å²) >= 11 is 9.24. The molecular weight excluding hydrogens is 305 g/mol. The zero-order valence-corrected chi connectivity index (χ0v) is 11.1. The SMILES string of the molecule is COc1ccc(-c2nc(C#N)c(Br)[nH]2)cc1Cl. The van der Waals surface area contributed by atoms with Crippen molar-refractivity contribution in [3.63, 3.8) is 0 Å². The topological polar surface area (TPSA) is 61.7 Å². The Balaban J connectivity index is 2.47. The number of nitrogens with one attached hydrogen (secondary N) is 1. The highest BCUT2D eigenvalue weighted by molar-refractivity contribution is 9.10. The van der Waals surface area contributed by atoms with Crippen LogP contribution in [0.3, 0.4) is 0 Å². The second kappa shape index (κ2) is 4.78. The molecule has 4 nitrogen and oxygen atoms in total. The van der Waals surface area contributed by atoms with Crippen molar-refractivity contribution in [3.05, 3.63) is 33.5 Å². The van der Waals surface area contributed by atoms with Gasteiger partial charge in [-0.1, -0.05) is 11.6 Å². The number of aromatic amines is 1. The molecule has 1 aromatic carbocycles. The highest BCUT2D eigenvalue weighted by Crippen LogP contribution is 2.29. The molecule has 6 heteroatoms. The van der Waals surface area contributed by atoms with Crippen molar-refractivity contribution in [1.82, 2.24) is 9.97 Å². The van der Waals surface area contributed by atoms with Gasteiger partial charge >= 0.3 is 0 Å². The third-order valence-electron chi connectivity index (χ3n) is 2.19. The molecule has 2 aromatic rings. The molecule has 0 saturated heterocycles. The second-order valence-corrected chi connectivity index (χ2v) is 4.41. The molecular formula is C11H7BrClN3O. The molecule has 0 aliphatic carbocycles. The number of rotatable bonds is 2. The average molecular weight is 313 g/mol. The number of halogens is 2. The first-order valence-electron chi connectivity index (χ1n) is 4.65. The Hall–Kier alpha value is -1.51. The van der Waals surface area contributed by atoms with Crippen LogP contribution in [-0.4, -0.2) is 17.1 Å². The van der Waals surface area contributed by atoms with Crippen LogP contribution in [0, 0.1) is 11.3 Å². The molecule has 1 aromatic heterocycles. The van der Waals surface area contributed by atoms with Gasteiger partial charge < -0.3 is 9.72 Å². The van der Waals surface area contributed by atoms with Gasteiger partial charge in [0.15, 0.2) is 5.69 Å². The van der Waals surface area contributed by atoms with Gasteiger partial charge in [-0.2, -0.15) is 5.26 Å². The molecule has 0 radical (unpaired) electrons. The standard InChI is InChI=1S/C11H7BrClN3O/c1-17-9-3-2-6(4-7(9)13)11-15-8(5-14)10(12)16-11/h2-4H,1H3,(H,15,16). The zero-order chi connectivity index (χ0) is 12.4. The summed E-state index contributed by atoms with van der Waals surface area (Å²) in [5.41, 5.74) is 1.10. The Morgan fingerprint density at radius 2 is 2.29 bits per heavy atom. The Kier molecular flexibility index (Phi) is 3.36. The van der Waals surface area contributed by atoms with E-state index in [1.54, 1.807) is 19.2 Å². The van der Waals surface area contributed by atoms with Crippen molar-refractivity contribution in [2.45, 2.75) is 0 Å². The van der Waals surface area contributed by atoms with Gasteiger partial charge in [0.1, 0.15) is 22.2 Å². The minimum absolute atomic E-state index is 0.312. The number of H-pyrrole nitrogens is 1. The highest BCUT2D eigenvalue weighted by Gasteiger charge is 2.10. The van der Waals surface area contributed by atoms with Crippen LogP contribution in [0.5, 0.6) is 5.75 Å². The average Bonchev–Trinajstić information content (AvgIpc) is 2.70. The summed E-state index contributed by atoms with van der Waals surface area (Å²) in [5, 5.41) is 9.30. The molecule has 0 aliphatic heterocycles. The van der Waals surface area contributed by atoms with Gasteiger partial charge in [-0.25, -0.2) is 4.98 Å². The molecule has 0 saturated carbocycles. The summed E-state index contributed by atoms with van der Waals surface area (Å²) in [6, 6.07) is 7.27. The fourth-order valence-corrected chi connectivity index (χ4v) is 2.00. The summed E-state index contributed by atoms with van der Waals surface area (Å²) in [6.07, 6.45) is 0. The van der Waals surface area contributed by atoms with Gasteiger partial charge in [0.05, 0.1) is 12.1 Å². The van der Waals surface area contributed by atoms with Crippen molar-refractivity contribution in [2.24, 2.45) is 0 Å². The number of ether oxygens (including phenoxy) is 1. The van der Waals surface area contributed by atoms with Gasteiger partial charge in [-0.3, -0.25) is 0 Å². The maximum Gasteiger partial charge on any atom is 0.173 e. The minimum Gasteiger partial charge on any atom is -0.495 e. The third-order valence-corrected chi connectivity index (χ3v) is 3.06. The largest absolute Gasteiger partial charge is 0.495 e. The molecule has 0 aliphatic rings. The Labute approximate surface area is 111 Å². The first-order valence-corrected chi connectivity index (χ1v) is 5.82. The van der Waals surface area contributed by atoms with Crippen LogP contribution >= 0.6 is 27.5 Å². The minimum atomic E-state index is 0.312. The van der Waals surface area contributed by atoms with Crippen LogP contribution in [-0.2, 0) is 0 Å². The number of methoxy groups -OCH3 is 1. The van der Waals surface area contributed by atoms with Gasteiger partial charge in [-0.15, -0.1) is 0 Å². The van der Waals surface area contributed by atoms with E-state index in [1.807, 2.05) is 12.1 Å². The fourth-order valence-electron chi connectivity index (χ4n) is 1.38. The fraction of sp³-hybridized carbons (Fsp3) is 0.0909. The van der Waals surface area contributed by atoms with Crippen LogP contribution in [0.15, 0.2) is 22.8 Å². The monoisotopic (exact) mass is 311 g/mol. The zero-order valence-electron chi connectivity index (χ0n) is 8.79. The smallest absolute Gasteiger partial charge is 0.173 e.